The summed E-state index contributed by atoms with van der Waals surface area (Å²) in [5.41, 5.74) is 0.606. The molecular formula is C22H30BrNO2. The summed E-state index contributed by atoms with van der Waals surface area (Å²) < 4.78 is 7.47. The Kier molecular flexibility index (Phi) is 11.6. The third-order valence-electron chi connectivity index (χ3n) is 4.36. The normalized spacial score (nSPS) is 10.2. The van der Waals surface area contributed by atoms with Crippen LogP contribution >= 0.6 is 0 Å². The second kappa shape index (κ2) is 13.5. The van der Waals surface area contributed by atoms with Gasteiger partial charge in [0.25, 0.3) is 5.69 Å². The molecule has 0 bridgehead atoms. The highest BCUT2D eigenvalue weighted by atomic mass is 79.9. The van der Waals surface area contributed by atoms with Gasteiger partial charge in [0.05, 0.1) is 0 Å². The monoisotopic (exact) mass is 419 g/mol. The molecule has 1 aromatic heterocycles. The first-order valence-corrected chi connectivity index (χ1v) is 9.57. The zero-order valence-corrected chi connectivity index (χ0v) is 17.3. The van der Waals surface area contributed by atoms with Crippen LogP contribution in [0.25, 0.3) is 0 Å². The highest BCUT2D eigenvalue weighted by molar-refractivity contribution is 5.87. The van der Waals surface area contributed by atoms with Gasteiger partial charge in [-0.25, -0.2) is 4.79 Å². The molecule has 0 saturated carbocycles. The molecule has 0 saturated heterocycles. The summed E-state index contributed by atoms with van der Waals surface area (Å²) in [6.45, 7) is 3.10. The van der Waals surface area contributed by atoms with Crippen molar-refractivity contribution in [1.82, 2.24) is 0 Å². The zero-order valence-electron chi connectivity index (χ0n) is 15.7. The van der Waals surface area contributed by atoms with Crippen LogP contribution in [0.2, 0.25) is 0 Å². The van der Waals surface area contributed by atoms with Gasteiger partial charge < -0.3 is 21.7 Å². The molecule has 4 heteroatoms. The molecule has 142 valence electrons. The molecule has 0 unspecified atom stereocenters. The number of halogens is 1. The van der Waals surface area contributed by atoms with E-state index in [-0.39, 0.29) is 23.0 Å². The number of pyridine rings is 1. The number of rotatable bonds is 11. The molecule has 26 heavy (non-hydrogen) atoms. The molecule has 0 aliphatic rings. The first kappa shape index (κ1) is 22.4. The van der Waals surface area contributed by atoms with Gasteiger partial charge in [0.15, 0.2) is 6.20 Å². The molecule has 0 radical (unpaired) electrons. The number of carbonyl (C=O) groups is 1. The first-order chi connectivity index (χ1) is 12.3. The van der Waals surface area contributed by atoms with Crippen LogP contribution < -0.4 is 26.3 Å². The summed E-state index contributed by atoms with van der Waals surface area (Å²) in [5, 5.41) is 0. The Morgan fingerprint density at radius 2 is 1.46 bits per heavy atom. The lowest BCUT2D eigenvalue weighted by atomic mass is 10.1. The average molecular weight is 420 g/mol. The molecule has 1 heterocycles. The van der Waals surface area contributed by atoms with Crippen molar-refractivity contribution in [3.8, 4) is 5.75 Å². The van der Waals surface area contributed by atoms with Crippen molar-refractivity contribution >= 4 is 5.97 Å². The number of benzene rings is 1. The molecule has 3 nitrogen and oxygen atoms in total. The second-order valence-corrected chi connectivity index (χ2v) is 6.46. The van der Waals surface area contributed by atoms with E-state index >= 15 is 0 Å². The molecule has 0 spiro atoms. The summed E-state index contributed by atoms with van der Waals surface area (Å²) in [6.07, 6.45) is 12.2. The third kappa shape index (κ3) is 8.13. The maximum Gasteiger partial charge on any atom is 0.409 e. The van der Waals surface area contributed by atoms with Crippen molar-refractivity contribution in [3.05, 3.63) is 60.4 Å². The Bertz CT molecular complexity index is 631. The van der Waals surface area contributed by atoms with E-state index in [2.05, 4.69) is 6.92 Å². The maximum atomic E-state index is 12.4. The zero-order chi connectivity index (χ0) is 17.7. The first-order valence-electron chi connectivity index (χ1n) is 9.57. The molecule has 2 rings (SSSR count). The van der Waals surface area contributed by atoms with E-state index in [0.717, 1.165) is 13.0 Å². The van der Waals surface area contributed by atoms with Crippen LogP contribution in [0, 0.1) is 0 Å². The number of esters is 1. The topological polar surface area (TPSA) is 30.2 Å². The van der Waals surface area contributed by atoms with Crippen LogP contribution in [-0.4, -0.2) is 5.97 Å². The van der Waals surface area contributed by atoms with Crippen molar-refractivity contribution < 1.29 is 31.1 Å². The van der Waals surface area contributed by atoms with E-state index in [4.69, 9.17) is 4.74 Å². The van der Waals surface area contributed by atoms with E-state index < -0.39 is 0 Å². The number of hydrogen-bond acceptors (Lipinski definition) is 2. The van der Waals surface area contributed by atoms with Gasteiger partial charge in [0, 0.05) is 18.6 Å². The van der Waals surface area contributed by atoms with Crippen LogP contribution in [0.4, 0.5) is 0 Å². The predicted molar refractivity (Wildman–Crippen MR) is 101 cm³/mol. The number of hydrogen-bond donors (Lipinski definition) is 0. The molecule has 0 amide bonds. The number of para-hydroxylation sites is 1. The van der Waals surface area contributed by atoms with E-state index in [1.807, 2.05) is 47.2 Å². The van der Waals surface area contributed by atoms with Crippen LogP contribution in [-0.2, 0) is 6.54 Å². The molecule has 0 fully saturated rings. The second-order valence-electron chi connectivity index (χ2n) is 6.46. The predicted octanol–water partition coefficient (Wildman–Crippen LogP) is 2.34. The molecule has 0 atom stereocenters. The average Bonchev–Trinajstić information content (AvgIpc) is 2.65. The molecule has 0 N–H and O–H groups in total. The lowest BCUT2D eigenvalue weighted by molar-refractivity contribution is -0.699. The highest BCUT2D eigenvalue weighted by Crippen LogP contribution is 2.11. The van der Waals surface area contributed by atoms with Crippen molar-refractivity contribution in [2.45, 2.75) is 64.8 Å². The van der Waals surface area contributed by atoms with Crippen molar-refractivity contribution in [2.75, 3.05) is 0 Å². The Morgan fingerprint density at radius 3 is 2.15 bits per heavy atom. The minimum absolute atomic E-state index is 0. The lowest BCUT2D eigenvalue weighted by Gasteiger charge is -2.05. The fourth-order valence-corrected chi connectivity index (χ4v) is 2.92. The lowest BCUT2D eigenvalue weighted by Crippen LogP contribution is -3.00. The van der Waals surface area contributed by atoms with Crippen LogP contribution in [0.1, 0.15) is 68.8 Å². The number of nitrogens with zero attached hydrogens (tertiary/aromatic N) is 1. The minimum Gasteiger partial charge on any atom is -1.00 e. The van der Waals surface area contributed by atoms with Gasteiger partial charge in [0.2, 0.25) is 0 Å². The van der Waals surface area contributed by atoms with Crippen molar-refractivity contribution in [2.24, 2.45) is 0 Å². The summed E-state index contributed by atoms with van der Waals surface area (Å²) in [4.78, 5) is 12.4. The summed E-state index contributed by atoms with van der Waals surface area (Å²) in [7, 11) is 0. The molecular weight excluding hydrogens is 390 g/mol. The van der Waals surface area contributed by atoms with Crippen LogP contribution in [0.3, 0.4) is 0 Å². The van der Waals surface area contributed by atoms with Crippen LogP contribution in [0.15, 0.2) is 54.7 Å². The summed E-state index contributed by atoms with van der Waals surface area (Å²) in [6, 6.07) is 14.9. The maximum absolute atomic E-state index is 12.4. The van der Waals surface area contributed by atoms with E-state index in [1.54, 1.807) is 12.1 Å². The van der Waals surface area contributed by atoms with E-state index in [9.17, 15) is 4.79 Å². The minimum atomic E-state index is -0.300. The molecule has 0 aliphatic carbocycles. The smallest absolute Gasteiger partial charge is 0.409 e. The van der Waals surface area contributed by atoms with Gasteiger partial charge in [-0.15, -0.1) is 0 Å². The number of aryl methyl sites for hydroxylation is 1. The molecule has 2 aromatic rings. The molecule has 0 aliphatic heterocycles. The quantitative estimate of drug-likeness (QED) is 0.242. The Morgan fingerprint density at radius 1 is 0.846 bits per heavy atom. The third-order valence-corrected chi connectivity index (χ3v) is 4.36. The molecule has 1 aromatic carbocycles. The summed E-state index contributed by atoms with van der Waals surface area (Å²) in [5.74, 6) is 0.279. The SMILES string of the molecule is CCCCCCCCCC[n+]1ccccc1C(=O)Oc1ccccc1.[Br-]. The van der Waals surface area contributed by atoms with Crippen molar-refractivity contribution in [1.29, 1.82) is 0 Å². The Hall–Kier alpha value is -1.68. The van der Waals surface area contributed by atoms with E-state index in [1.165, 1.54) is 44.9 Å². The standard InChI is InChI=1S/C22H30NO2.BrH/c1-2-3-4-5-6-7-8-13-18-23-19-14-12-17-21(23)22(24)25-20-15-10-9-11-16-20;/h9-12,14-17,19H,2-8,13,18H2,1H3;1H/q+1;/p-1. The van der Waals surface area contributed by atoms with Crippen LogP contribution in [0.5, 0.6) is 5.75 Å². The summed E-state index contributed by atoms with van der Waals surface area (Å²) >= 11 is 0. The number of carbonyl (C=O) groups excluding carboxylic acids is 1. The van der Waals surface area contributed by atoms with Gasteiger partial charge in [-0.2, -0.15) is 4.57 Å². The van der Waals surface area contributed by atoms with Gasteiger partial charge in [-0.1, -0.05) is 63.6 Å². The van der Waals surface area contributed by atoms with Gasteiger partial charge in [-0.3, -0.25) is 0 Å². The van der Waals surface area contributed by atoms with E-state index in [0.29, 0.717) is 11.4 Å². The number of unbranched alkanes of at least 4 members (excludes halogenated alkanes) is 7. The fraction of sp³-hybridized carbons (Fsp3) is 0.455. The van der Waals surface area contributed by atoms with Crippen molar-refractivity contribution in [3.63, 3.8) is 0 Å². The van der Waals surface area contributed by atoms with Gasteiger partial charge >= 0.3 is 5.97 Å². The Balaban J connectivity index is 0.00000338. The van der Waals surface area contributed by atoms with Gasteiger partial charge in [0.1, 0.15) is 12.3 Å². The largest absolute Gasteiger partial charge is 1.00 e. The Labute approximate surface area is 168 Å². The fourth-order valence-electron chi connectivity index (χ4n) is 2.92. The number of ether oxygens (including phenoxy) is 1. The highest BCUT2D eigenvalue weighted by Gasteiger charge is 2.20. The number of aromatic nitrogens is 1. The van der Waals surface area contributed by atoms with Gasteiger partial charge in [-0.05, 0) is 24.6 Å².